The van der Waals surface area contributed by atoms with Crippen LogP contribution in [0.2, 0.25) is 0 Å². The van der Waals surface area contributed by atoms with Crippen LogP contribution in [0.5, 0.6) is 0 Å². The number of rotatable bonds is 4. The standard InChI is InChI=1S/C17H29N/c1-11(2)17(6-7-17)10-18-16-9-12-8-15(16)14-5-3-4-13(12)14/h11-16,18H,3-10H2,1-2H3. The summed E-state index contributed by atoms with van der Waals surface area (Å²) in [5.74, 6) is 5.31. The third-order valence-corrected chi connectivity index (χ3v) is 7.26. The SMILES string of the molecule is CC(C)C1(CNC2CC3CC2C2CCCC32)CC1. The fourth-order valence-electron chi connectivity index (χ4n) is 5.76. The lowest BCUT2D eigenvalue weighted by molar-refractivity contribution is 0.195. The van der Waals surface area contributed by atoms with Crippen LogP contribution in [0.25, 0.3) is 0 Å². The first-order valence-electron chi connectivity index (χ1n) is 8.43. The first-order chi connectivity index (χ1) is 8.70. The van der Waals surface area contributed by atoms with Crippen molar-refractivity contribution in [2.75, 3.05) is 6.54 Å². The highest BCUT2D eigenvalue weighted by Gasteiger charge is 2.54. The van der Waals surface area contributed by atoms with Gasteiger partial charge in [0.25, 0.3) is 0 Å². The Morgan fingerprint density at radius 3 is 2.56 bits per heavy atom. The molecule has 102 valence electrons. The first kappa shape index (κ1) is 11.8. The summed E-state index contributed by atoms with van der Waals surface area (Å²) in [6, 6.07) is 0.894. The Labute approximate surface area is 112 Å². The van der Waals surface area contributed by atoms with Crippen molar-refractivity contribution in [1.82, 2.24) is 5.32 Å². The van der Waals surface area contributed by atoms with Crippen molar-refractivity contribution in [2.45, 2.75) is 64.8 Å². The highest BCUT2D eigenvalue weighted by atomic mass is 15.0. The average molecular weight is 247 g/mol. The van der Waals surface area contributed by atoms with Crippen LogP contribution in [0.4, 0.5) is 0 Å². The van der Waals surface area contributed by atoms with E-state index in [0.717, 1.165) is 35.6 Å². The second-order valence-electron chi connectivity index (χ2n) is 8.16. The summed E-state index contributed by atoms with van der Waals surface area (Å²) in [6.07, 6.45) is 10.7. The fraction of sp³-hybridized carbons (Fsp3) is 1.00. The van der Waals surface area contributed by atoms with E-state index in [1.807, 2.05) is 0 Å². The number of hydrogen-bond donors (Lipinski definition) is 1. The van der Waals surface area contributed by atoms with E-state index in [-0.39, 0.29) is 0 Å². The molecule has 0 radical (unpaired) electrons. The summed E-state index contributed by atoms with van der Waals surface area (Å²) in [6.45, 7) is 6.15. The molecular weight excluding hydrogens is 218 g/mol. The molecule has 1 nitrogen and oxygen atoms in total. The Morgan fingerprint density at radius 2 is 1.83 bits per heavy atom. The zero-order chi connectivity index (χ0) is 12.3. The highest BCUT2D eigenvalue weighted by molar-refractivity contribution is 5.07. The van der Waals surface area contributed by atoms with Gasteiger partial charge in [-0.3, -0.25) is 0 Å². The molecule has 4 aliphatic rings. The normalized spacial score (nSPS) is 47.8. The third kappa shape index (κ3) is 1.62. The van der Waals surface area contributed by atoms with Crippen molar-refractivity contribution in [3.63, 3.8) is 0 Å². The Balaban J connectivity index is 1.37. The lowest BCUT2D eigenvalue weighted by Gasteiger charge is -2.34. The molecule has 5 unspecified atom stereocenters. The van der Waals surface area contributed by atoms with E-state index >= 15 is 0 Å². The van der Waals surface area contributed by atoms with Gasteiger partial charge >= 0.3 is 0 Å². The van der Waals surface area contributed by atoms with Gasteiger partial charge in [-0.05, 0) is 73.5 Å². The van der Waals surface area contributed by atoms with Gasteiger partial charge in [0, 0.05) is 12.6 Å². The van der Waals surface area contributed by atoms with Crippen LogP contribution in [0.3, 0.4) is 0 Å². The quantitative estimate of drug-likeness (QED) is 0.796. The molecule has 0 aromatic rings. The van der Waals surface area contributed by atoms with Gasteiger partial charge in [-0.25, -0.2) is 0 Å². The minimum absolute atomic E-state index is 0.691. The summed E-state index contributed by atoms with van der Waals surface area (Å²) in [7, 11) is 0. The van der Waals surface area contributed by atoms with Crippen LogP contribution in [0, 0.1) is 35.0 Å². The highest BCUT2D eigenvalue weighted by Crippen LogP contribution is 2.59. The molecule has 0 saturated heterocycles. The molecule has 2 bridgehead atoms. The van der Waals surface area contributed by atoms with Crippen LogP contribution in [-0.2, 0) is 0 Å². The summed E-state index contributed by atoms with van der Waals surface area (Å²) in [5, 5.41) is 4.01. The van der Waals surface area contributed by atoms with Gasteiger partial charge in [-0.2, -0.15) is 0 Å². The molecule has 1 N–H and O–H groups in total. The Hall–Kier alpha value is -0.0400. The Bertz CT molecular complexity index is 331. The van der Waals surface area contributed by atoms with E-state index < -0.39 is 0 Å². The second kappa shape index (κ2) is 3.98. The summed E-state index contributed by atoms with van der Waals surface area (Å²) in [4.78, 5) is 0. The molecule has 4 saturated carbocycles. The summed E-state index contributed by atoms with van der Waals surface area (Å²) >= 11 is 0. The van der Waals surface area contributed by atoms with Gasteiger partial charge in [0.05, 0.1) is 0 Å². The minimum atomic E-state index is 0.691. The number of hydrogen-bond acceptors (Lipinski definition) is 1. The van der Waals surface area contributed by atoms with Crippen molar-refractivity contribution < 1.29 is 0 Å². The fourth-order valence-corrected chi connectivity index (χ4v) is 5.76. The van der Waals surface area contributed by atoms with Crippen molar-refractivity contribution >= 4 is 0 Å². The van der Waals surface area contributed by atoms with Crippen LogP contribution >= 0.6 is 0 Å². The van der Waals surface area contributed by atoms with Crippen LogP contribution in [-0.4, -0.2) is 12.6 Å². The third-order valence-electron chi connectivity index (χ3n) is 7.26. The van der Waals surface area contributed by atoms with Gasteiger partial charge in [0.15, 0.2) is 0 Å². The van der Waals surface area contributed by atoms with Gasteiger partial charge in [-0.1, -0.05) is 20.3 Å². The van der Waals surface area contributed by atoms with Gasteiger partial charge < -0.3 is 5.32 Å². The smallest absolute Gasteiger partial charge is 0.0101 e. The maximum atomic E-state index is 4.01. The molecule has 4 rings (SSSR count). The molecule has 0 aromatic heterocycles. The van der Waals surface area contributed by atoms with Gasteiger partial charge in [0.2, 0.25) is 0 Å². The monoisotopic (exact) mass is 247 g/mol. The first-order valence-corrected chi connectivity index (χ1v) is 8.43. The summed E-state index contributed by atoms with van der Waals surface area (Å²) in [5.41, 5.74) is 0.691. The molecule has 0 heterocycles. The predicted octanol–water partition coefficient (Wildman–Crippen LogP) is 3.84. The van der Waals surface area contributed by atoms with Crippen LogP contribution < -0.4 is 5.32 Å². The van der Waals surface area contributed by atoms with E-state index in [9.17, 15) is 0 Å². The summed E-state index contributed by atoms with van der Waals surface area (Å²) < 4.78 is 0. The number of nitrogens with one attached hydrogen (secondary N) is 1. The van der Waals surface area contributed by atoms with E-state index in [1.54, 1.807) is 19.3 Å². The molecule has 0 aliphatic heterocycles. The van der Waals surface area contributed by atoms with Crippen molar-refractivity contribution in [3.05, 3.63) is 0 Å². The van der Waals surface area contributed by atoms with Crippen LogP contribution in [0.15, 0.2) is 0 Å². The van der Waals surface area contributed by atoms with E-state index in [4.69, 9.17) is 0 Å². The lowest BCUT2D eigenvalue weighted by Crippen LogP contribution is -2.42. The minimum Gasteiger partial charge on any atom is -0.313 e. The van der Waals surface area contributed by atoms with Crippen molar-refractivity contribution in [3.8, 4) is 0 Å². The molecule has 4 aliphatic carbocycles. The maximum Gasteiger partial charge on any atom is 0.0101 e. The maximum absolute atomic E-state index is 4.01. The number of fused-ring (bicyclic) bond motifs is 5. The zero-order valence-corrected chi connectivity index (χ0v) is 12.1. The molecule has 0 spiro atoms. The topological polar surface area (TPSA) is 12.0 Å². The molecule has 5 atom stereocenters. The molecule has 1 heteroatoms. The Kier molecular flexibility index (Phi) is 2.60. The Morgan fingerprint density at radius 1 is 1.06 bits per heavy atom. The van der Waals surface area contributed by atoms with Crippen molar-refractivity contribution in [1.29, 1.82) is 0 Å². The lowest BCUT2D eigenvalue weighted by atomic mass is 9.79. The largest absolute Gasteiger partial charge is 0.313 e. The second-order valence-corrected chi connectivity index (χ2v) is 8.16. The molecule has 18 heavy (non-hydrogen) atoms. The average Bonchev–Trinajstić information content (AvgIpc) is 2.75. The van der Waals surface area contributed by atoms with Crippen LogP contribution in [0.1, 0.15) is 58.8 Å². The molecular formula is C17H29N. The predicted molar refractivity (Wildman–Crippen MR) is 75.3 cm³/mol. The van der Waals surface area contributed by atoms with Gasteiger partial charge in [0.1, 0.15) is 0 Å². The van der Waals surface area contributed by atoms with Gasteiger partial charge in [-0.15, -0.1) is 0 Å². The van der Waals surface area contributed by atoms with E-state index in [1.165, 1.54) is 32.2 Å². The van der Waals surface area contributed by atoms with E-state index in [0.29, 0.717) is 5.41 Å². The molecule has 0 amide bonds. The molecule has 4 fully saturated rings. The zero-order valence-electron chi connectivity index (χ0n) is 12.1. The molecule has 0 aromatic carbocycles. The van der Waals surface area contributed by atoms with E-state index in [2.05, 4.69) is 19.2 Å². The van der Waals surface area contributed by atoms with Crippen molar-refractivity contribution in [2.24, 2.45) is 35.0 Å².